The Bertz CT molecular complexity index is 429. The molecule has 0 atom stereocenters. The molecule has 9 heteroatoms. The van der Waals surface area contributed by atoms with E-state index < -0.39 is 16.8 Å². The minimum Gasteiger partial charge on any atom is -0.358 e. The number of hydrogen-bond acceptors (Lipinski definition) is 6. The van der Waals surface area contributed by atoms with Crippen molar-refractivity contribution < 1.29 is 9.72 Å². The Kier molecular flexibility index (Phi) is 1.32. The average Bonchev–Trinajstić information content (AvgIpc) is 2.49. The molecule has 2 rings (SSSR count). The van der Waals surface area contributed by atoms with Crippen LogP contribution in [0.15, 0.2) is 25.4 Å². The van der Waals surface area contributed by atoms with Crippen molar-refractivity contribution in [2.45, 2.75) is 0 Å². The molecule has 64 valence electrons. The number of nitro groups is 1. The zero-order valence-corrected chi connectivity index (χ0v) is 5.91. The van der Waals surface area contributed by atoms with Gasteiger partial charge in [-0.05, 0) is 10.1 Å². The van der Waals surface area contributed by atoms with Gasteiger partial charge >= 0.3 is 11.9 Å². The van der Waals surface area contributed by atoms with E-state index in [1.165, 1.54) is 0 Å². The number of rotatable bonds is 0. The van der Waals surface area contributed by atoms with Crippen molar-refractivity contribution in [2.24, 2.45) is 25.4 Å². The summed E-state index contributed by atoms with van der Waals surface area (Å²) in [7, 11) is 0. The topological polar surface area (TPSA) is 122 Å². The monoisotopic (exact) mass is 180 g/mol. The Morgan fingerprint density at radius 3 is 2.77 bits per heavy atom. The highest BCUT2D eigenvalue weighted by molar-refractivity contribution is 6.68. The van der Waals surface area contributed by atoms with Crippen molar-refractivity contribution >= 4 is 23.4 Å². The summed E-state index contributed by atoms with van der Waals surface area (Å²) in [4.78, 5) is 26.5. The van der Waals surface area contributed by atoms with Gasteiger partial charge in [0.25, 0.3) is 0 Å². The van der Waals surface area contributed by atoms with Gasteiger partial charge in [0.05, 0.1) is 0 Å². The van der Waals surface area contributed by atoms with Crippen LogP contribution < -0.4 is 0 Å². The van der Waals surface area contributed by atoms with Gasteiger partial charge in [-0.2, -0.15) is 0 Å². The molecule has 0 aromatic heterocycles. The van der Waals surface area contributed by atoms with Crippen LogP contribution in [0.3, 0.4) is 0 Å². The van der Waals surface area contributed by atoms with E-state index in [4.69, 9.17) is 0 Å². The van der Waals surface area contributed by atoms with Crippen molar-refractivity contribution in [2.75, 3.05) is 0 Å². The number of aliphatic imine (C=N–C) groups is 2. The van der Waals surface area contributed by atoms with E-state index >= 15 is 0 Å². The van der Waals surface area contributed by atoms with Crippen molar-refractivity contribution in [1.29, 1.82) is 0 Å². The fourth-order valence-electron chi connectivity index (χ4n) is 0.808. The lowest BCUT2D eigenvalue weighted by atomic mass is 10.3. The molecule has 0 aromatic carbocycles. The van der Waals surface area contributed by atoms with Crippen molar-refractivity contribution in [1.82, 2.24) is 0 Å². The summed E-state index contributed by atoms with van der Waals surface area (Å²) in [5.74, 6) is -0.827. The normalized spacial score (nSPS) is 19.1. The summed E-state index contributed by atoms with van der Waals surface area (Å²) >= 11 is 0. The molecular formula is C4N6O3. The molecule has 0 bridgehead atoms. The Hall–Kier alpha value is -2.32. The van der Waals surface area contributed by atoms with Crippen molar-refractivity contribution in [3.8, 4) is 0 Å². The van der Waals surface area contributed by atoms with E-state index in [1.807, 2.05) is 0 Å². The van der Waals surface area contributed by atoms with Crippen LogP contribution in [0.4, 0.5) is 4.79 Å². The van der Waals surface area contributed by atoms with Gasteiger partial charge in [-0.3, -0.25) is 0 Å². The van der Waals surface area contributed by atoms with Crippen molar-refractivity contribution in [3.05, 3.63) is 10.1 Å². The van der Waals surface area contributed by atoms with E-state index in [1.54, 1.807) is 0 Å². The summed E-state index contributed by atoms with van der Waals surface area (Å²) < 4.78 is 0. The Morgan fingerprint density at radius 1 is 1.31 bits per heavy atom. The van der Waals surface area contributed by atoms with Crippen LogP contribution in [-0.4, -0.2) is 28.3 Å². The predicted molar refractivity (Wildman–Crippen MR) is 39.6 cm³/mol. The summed E-state index contributed by atoms with van der Waals surface area (Å²) in [6, 6.07) is -0.971. The van der Waals surface area contributed by atoms with E-state index in [0.29, 0.717) is 0 Å². The van der Waals surface area contributed by atoms with Gasteiger partial charge in [0.1, 0.15) is 0 Å². The van der Waals surface area contributed by atoms with Gasteiger partial charge in [0.2, 0.25) is 11.5 Å². The standard InChI is InChI=1S/C4N6O3/c11-4-5-2-1(7-9-8-2)3(6-4)10(12)13. The lowest BCUT2D eigenvalue weighted by molar-refractivity contribution is -0.345. The fraction of sp³-hybridized carbons (Fsp3) is 0. The third-order valence-electron chi connectivity index (χ3n) is 1.28. The first kappa shape index (κ1) is 7.34. The second-order valence-corrected chi connectivity index (χ2v) is 2.05. The molecule has 9 nitrogen and oxygen atoms in total. The maximum absolute atomic E-state index is 10.7. The first-order valence-corrected chi connectivity index (χ1v) is 3.03. The van der Waals surface area contributed by atoms with Crippen LogP contribution in [-0.2, 0) is 0 Å². The number of urea groups is 1. The fourth-order valence-corrected chi connectivity index (χ4v) is 0.808. The SMILES string of the molecule is O=C1N=C2N=NN=C2C([N+](=O)[O-])=N1. The Labute approximate surface area is 69.7 Å². The second kappa shape index (κ2) is 2.33. The molecule has 2 aliphatic rings. The first-order chi connectivity index (χ1) is 6.18. The summed E-state index contributed by atoms with van der Waals surface area (Å²) in [6.07, 6.45) is 0. The number of hydrogen-bond donors (Lipinski definition) is 0. The lowest BCUT2D eigenvalue weighted by Gasteiger charge is -1.98. The third-order valence-corrected chi connectivity index (χ3v) is 1.28. The summed E-state index contributed by atoms with van der Waals surface area (Å²) in [5.41, 5.74) is -0.176. The molecule has 0 aliphatic carbocycles. The van der Waals surface area contributed by atoms with Crippen LogP contribution in [0.2, 0.25) is 0 Å². The molecule has 0 radical (unpaired) electrons. The maximum atomic E-state index is 10.7. The number of fused-ring (bicyclic) bond motifs is 1. The zero-order chi connectivity index (χ0) is 9.42. The lowest BCUT2D eigenvalue weighted by Crippen LogP contribution is -2.31. The average molecular weight is 180 g/mol. The molecule has 2 amide bonds. The number of amidine groups is 2. The third kappa shape index (κ3) is 1.02. The quantitative estimate of drug-likeness (QED) is 0.385. The minimum absolute atomic E-state index is 0.160. The Balaban J connectivity index is 2.52. The van der Waals surface area contributed by atoms with E-state index in [2.05, 4.69) is 25.4 Å². The smallest absolute Gasteiger partial charge is 0.358 e. The van der Waals surface area contributed by atoms with Gasteiger partial charge < -0.3 is 10.1 Å². The van der Waals surface area contributed by atoms with Crippen LogP contribution >= 0.6 is 0 Å². The number of carbonyl (C=O) groups is 1. The number of carbonyl (C=O) groups excluding carboxylic acids is 1. The molecule has 0 saturated heterocycles. The molecule has 2 heterocycles. The number of nitrogens with zero attached hydrogens (tertiary/aromatic N) is 6. The molecule has 0 unspecified atom stereocenters. The highest BCUT2D eigenvalue weighted by atomic mass is 16.6. The number of amides is 2. The van der Waals surface area contributed by atoms with Crippen LogP contribution in [0.5, 0.6) is 0 Å². The molecule has 0 spiro atoms. The van der Waals surface area contributed by atoms with Gasteiger partial charge in [-0.1, -0.05) is 0 Å². The van der Waals surface area contributed by atoms with Crippen LogP contribution in [0.1, 0.15) is 0 Å². The molecule has 0 N–H and O–H groups in total. The van der Waals surface area contributed by atoms with Crippen LogP contribution in [0.25, 0.3) is 0 Å². The molecule has 13 heavy (non-hydrogen) atoms. The minimum atomic E-state index is -0.971. The molecule has 0 fully saturated rings. The molecule has 0 saturated carbocycles. The van der Waals surface area contributed by atoms with E-state index in [9.17, 15) is 14.9 Å². The van der Waals surface area contributed by atoms with E-state index in [-0.39, 0.29) is 11.5 Å². The summed E-state index contributed by atoms with van der Waals surface area (Å²) in [5, 5.41) is 20.1. The van der Waals surface area contributed by atoms with E-state index in [0.717, 1.165) is 0 Å². The first-order valence-electron chi connectivity index (χ1n) is 3.03. The van der Waals surface area contributed by atoms with Gasteiger partial charge in [0, 0.05) is 4.99 Å². The molecular weight excluding hydrogens is 180 g/mol. The van der Waals surface area contributed by atoms with Gasteiger partial charge in [-0.25, -0.2) is 4.79 Å². The maximum Gasteiger partial charge on any atom is 0.479 e. The van der Waals surface area contributed by atoms with Crippen LogP contribution in [0, 0.1) is 10.1 Å². The van der Waals surface area contributed by atoms with Crippen molar-refractivity contribution in [3.63, 3.8) is 0 Å². The second-order valence-electron chi connectivity index (χ2n) is 2.05. The molecule has 2 aliphatic heterocycles. The van der Waals surface area contributed by atoms with Gasteiger partial charge in [0.15, 0.2) is 0 Å². The van der Waals surface area contributed by atoms with Gasteiger partial charge in [-0.15, -0.1) is 15.2 Å². The molecule has 0 aromatic rings. The highest BCUT2D eigenvalue weighted by Crippen LogP contribution is 2.08. The largest absolute Gasteiger partial charge is 0.479 e. The highest BCUT2D eigenvalue weighted by Gasteiger charge is 2.36. The predicted octanol–water partition coefficient (Wildman–Crippen LogP) is 0.0155. The zero-order valence-electron chi connectivity index (χ0n) is 5.91. The Morgan fingerprint density at radius 2 is 2.08 bits per heavy atom. The summed E-state index contributed by atoms with van der Waals surface area (Å²) in [6.45, 7) is 0.